The van der Waals surface area contributed by atoms with Crippen LogP contribution in [0.4, 0.5) is 0 Å². The van der Waals surface area contributed by atoms with Crippen LogP contribution in [-0.4, -0.2) is 23.4 Å². The maximum Gasteiger partial charge on any atom is 0.192 e. The van der Waals surface area contributed by atoms with Crippen molar-refractivity contribution in [3.63, 3.8) is 0 Å². The molecule has 0 saturated carbocycles. The third kappa shape index (κ3) is 3.94. The summed E-state index contributed by atoms with van der Waals surface area (Å²) < 4.78 is 6.25. The Morgan fingerprint density at radius 1 is 1.25 bits per heavy atom. The van der Waals surface area contributed by atoms with Crippen molar-refractivity contribution in [3.8, 4) is 0 Å². The molecular formula is C18H28N2O2SSi. The van der Waals surface area contributed by atoms with E-state index in [9.17, 15) is 5.11 Å². The molecule has 0 saturated heterocycles. The quantitative estimate of drug-likeness (QED) is 0.755. The third-order valence-corrected chi connectivity index (χ3v) is 10.3. The molecule has 0 radical (unpaired) electrons. The summed E-state index contributed by atoms with van der Waals surface area (Å²) in [5.41, 5.74) is 0.346. The normalized spacial score (nSPS) is 15.3. The molecule has 1 N–H and O–H groups in total. The van der Waals surface area contributed by atoms with Gasteiger partial charge in [0.05, 0.1) is 18.0 Å². The molecule has 0 aromatic carbocycles. The van der Waals surface area contributed by atoms with Crippen LogP contribution < -0.4 is 0 Å². The first-order valence-corrected chi connectivity index (χ1v) is 12.1. The Labute approximate surface area is 150 Å². The van der Waals surface area contributed by atoms with E-state index in [0.29, 0.717) is 23.7 Å². The zero-order chi connectivity index (χ0) is 18.0. The predicted molar refractivity (Wildman–Crippen MR) is 102 cm³/mol. The second-order valence-electron chi connectivity index (χ2n) is 7.61. The second-order valence-corrected chi connectivity index (χ2v) is 13.3. The molecule has 0 aliphatic carbocycles. The van der Waals surface area contributed by atoms with Crippen LogP contribution in [-0.2, 0) is 16.6 Å². The van der Waals surface area contributed by atoms with Gasteiger partial charge in [0.15, 0.2) is 13.9 Å². The van der Waals surface area contributed by atoms with E-state index in [4.69, 9.17) is 4.43 Å². The number of thiazole rings is 1. The van der Waals surface area contributed by atoms with Crippen LogP contribution in [0.1, 0.15) is 50.5 Å². The Morgan fingerprint density at radius 3 is 2.50 bits per heavy atom. The highest BCUT2D eigenvalue weighted by Gasteiger charge is 2.37. The number of aliphatic hydroxyl groups is 1. The zero-order valence-corrected chi connectivity index (χ0v) is 17.3. The lowest BCUT2D eigenvalue weighted by Gasteiger charge is -2.36. The molecular weight excluding hydrogens is 336 g/mol. The first kappa shape index (κ1) is 19.2. The predicted octanol–water partition coefficient (Wildman–Crippen LogP) is 4.71. The minimum Gasteiger partial charge on any atom is -0.411 e. The topological polar surface area (TPSA) is 55.2 Å². The highest BCUT2D eigenvalue weighted by atomic mass is 32.1. The lowest BCUT2D eigenvalue weighted by atomic mass is 9.96. The molecule has 1 atom stereocenters. The fraction of sp³-hybridized carbons (Fsp3) is 0.556. The van der Waals surface area contributed by atoms with Crippen LogP contribution in [0.15, 0.2) is 29.8 Å². The van der Waals surface area contributed by atoms with Gasteiger partial charge in [0.25, 0.3) is 0 Å². The van der Waals surface area contributed by atoms with E-state index in [-0.39, 0.29) is 5.04 Å². The SMILES string of the molecule is CCC(O)(c1cccc(CO[Si](C)(C)C(C)(C)C)n1)c1nccs1. The van der Waals surface area contributed by atoms with Gasteiger partial charge in [-0.15, -0.1) is 11.3 Å². The van der Waals surface area contributed by atoms with Crippen LogP contribution in [0.5, 0.6) is 0 Å². The molecule has 2 rings (SSSR count). The number of nitrogens with zero attached hydrogens (tertiary/aromatic N) is 2. The van der Waals surface area contributed by atoms with Gasteiger partial charge in [0.1, 0.15) is 5.01 Å². The van der Waals surface area contributed by atoms with E-state index in [1.165, 1.54) is 11.3 Å². The highest BCUT2D eigenvalue weighted by molar-refractivity contribution is 7.09. The molecule has 2 heterocycles. The minimum atomic E-state index is -1.83. The van der Waals surface area contributed by atoms with Crippen LogP contribution in [0.3, 0.4) is 0 Å². The first-order chi connectivity index (χ1) is 11.1. The molecule has 132 valence electrons. The standard InChI is InChI=1S/C18H28N2O2SSi/c1-7-18(21,16-19-11-12-23-16)15-10-8-9-14(20-15)13-22-24(5,6)17(2,3)4/h8-12,21H,7,13H2,1-6H3. The third-order valence-electron chi connectivity index (χ3n) is 4.92. The average molecular weight is 365 g/mol. The largest absolute Gasteiger partial charge is 0.411 e. The van der Waals surface area contributed by atoms with Crippen molar-refractivity contribution in [1.82, 2.24) is 9.97 Å². The molecule has 0 amide bonds. The summed E-state index contributed by atoms with van der Waals surface area (Å²) in [5, 5.41) is 13.8. The van der Waals surface area contributed by atoms with Crippen LogP contribution in [0, 0.1) is 0 Å². The smallest absolute Gasteiger partial charge is 0.192 e. The van der Waals surface area contributed by atoms with Crippen molar-refractivity contribution in [2.24, 2.45) is 0 Å². The molecule has 2 aromatic rings. The van der Waals surface area contributed by atoms with Crippen molar-refractivity contribution in [2.75, 3.05) is 0 Å². The molecule has 6 heteroatoms. The Balaban J connectivity index is 2.23. The number of pyridine rings is 1. The average Bonchev–Trinajstić information content (AvgIpc) is 3.06. The summed E-state index contributed by atoms with van der Waals surface area (Å²) >= 11 is 1.45. The monoisotopic (exact) mass is 364 g/mol. The van der Waals surface area contributed by atoms with E-state index in [1.807, 2.05) is 30.5 Å². The molecule has 1 unspecified atom stereocenters. The number of rotatable bonds is 6. The van der Waals surface area contributed by atoms with Gasteiger partial charge in [0.2, 0.25) is 0 Å². The maximum atomic E-state index is 11.1. The Hall–Kier alpha value is -1.08. The van der Waals surface area contributed by atoms with Crippen molar-refractivity contribution in [1.29, 1.82) is 0 Å². The fourth-order valence-corrected chi connectivity index (χ4v) is 3.89. The van der Waals surface area contributed by atoms with E-state index in [2.05, 4.69) is 43.8 Å². The Morgan fingerprint density at radius 2 is 1.96 bits per heavy atom. The van der Waals surface area contributed by atoms with E-state index >= 15 is 0 Å². The lowest BCUT2D eigenvalue weighted by Crippen LogP contribution is -2.40. The van der Waals surface area contributed by atoms with Crippen LogP contribution in [0.2, 0.25) is 18.1 Å². The molecule has 0 aliphatic heterocycles. The van der Waals surface area contributed by atoms with Crippen molar-refractivity contribution in [3.05, 3.63) is 46.2 Å². The first-order valence-electron chi connectivity index (χ1n) is 8.33. The number of hydrogen-bond donors (Lipinski definition) is 1. The van der Waals surface area contributed by atoms with Gasteiger partial charge in [-0.2, -0.15) is 0 Å². The fourth-order valence-electron chi connectivity index (χ4n) is 2.13. The lowest BCUT2D eigenvalue weighted by molar-refractivity contribution is 0.0711. The molecule has 24 heavy (non-hydrogen) atoms. The van der Waals surface area contributed by atoms with Gasteiger partial charge in [-0.1, -0.05) is 33.8 Å². The van der Waals surface area contributed by atoms with Crippen molar-refractivity contribution in [2.45, 2.75) is 64.5 Å². The molecule has 0 bridgehead atoms. The molecule has 0 aliphatic rings. The van der Waals surface area contributed by atoms with Gasteiger partial charge in [-0.25, -0.2) is 4.98 Å². The zero-order valence-electron chi connectivity index (χ0n) is 15.5. The van der Waals surface area contributed by atoms with Gasteiger partial charge >= 0.3 is 0 Å². The van der Waals surface area contributed by atoms with Gasteiger partial charge in [-0.3, -0.25) is 4.98 Å². The van der Waals surface area contributed by atoms with Crippen LogP contribution >= 0.6 is 11.3 Å². The molecule has 0 spiro atoms. The van der Waals surface area contributed by atoms with Gasteiger partial charge in [-0.05, 0) is 36.7 Å². The number of hydrogen-bond acceptors (Lipinski definition) is 5. The summed E-state index contributed by atoms with van der Waals surface area (Å²) in [6.45, 7) is 13.6. The summed E-state index contributed by atoms with van der Waals surface area (Å²) in [6.07, 6.45) is 2.24. The van der Waals surface area contributed by atoms with Crippen molar-refractivity contribution >= 4 is 19.7 Å². The Kier molecular flexibility index (Phi) is 5.64. The van der Waals surface area contributed by atoms with Gasteiger partial charge in [0, 0.05) is 11.6 Å². The van der Waals surface area contributed by atoms with Gasteiger partial charge < -0.3 is 9.53 Å². The highest BCUT2D eigenvalue weighted by Crippen LogP contribution is 2.37. The van der Waals surface area contributed by atoms with Crippen LogP contribution in [0.25, 0.3) is 0 Å². The molecule has 4 nitrogen and oxygen atoms in total. The second kappa shape index (κ2) is 7.04. The maximum absolute atomic E-state index is 11.1. The summed E-state index contributed by atoms with van der Waals surface area (Å²) in [5.74, 6) is 0. The molecule has 2 aromatic heterocycles. The Bertz CT molecular complexity index is 668. The van der Waals surface area contributed by atoms with Crippen molar-refractivity contribution < 1.29 is 9.53 Å². The number of aromatic nitrogens is 2. The van der Waals surface area contributed by atoms with E-state index in [0.717, 1.165) is 5.69 Å². The molecule has 0 fully saturated rings. The van der Waals surface area contributed by atoms with E-state index < -0.39 is 13.9 Å². The summed E-state index contributed by atoms with van der Waals surface area (Å²) in [4.78, 5) is 8.96. The summed E-state index contributed by atoms with van der Waals surface area (Å²) in [6, 6.07) is 5.75. The minimum absolute atomic E-state index is 0.162. The van der Waals surface area contributed by atoms with E-state index in [1.54, 1.807) is 6.20 Å². The summed E-state index contributed by atoms with van der Waals surface area (Å²) in [7, 11) is -1.83.